The number of hydrogen-bond acceptors (Lipinski definition) is 5. The van der Waals surface area contributed by atoms with Gasteiger partial charge >= 0.3 is 7.12 Å². The van der Waals surface area contributed by atoms with Crippen molar-refractivity contribution in [3.8, 4) is 5.75 Å². The van der Waals surface area contributed by atoms with E-state index >= 15 is 0 Å². The van der Waals surface area contributed by atoms with E-state index < -0.39 is 7.12 Å². The van der Waals surface area contributed by atoms with E-state index in [2.05, 4.69) is 0 Å². The fraction of sp³-hybridized carbons (Fsp3) is 0.300. The first kappa shape index (κ1) is 19.0. The molecule has 0 aliphatic carbocycles. The van der Waals surface area contributed by atoms with Crippen LogP contribution < -0.4 is 10.2 Å². The molecule has 27 heavy (non-hydrogen) atoms. The summed E-state index contributed by atoms with van der Waals surface area (Å²) in [5.74, 6) is -0.500. The van der Waals surface area contributed by atoms with Crippen molar-refractivity contribution in [2.24, 2.45) is 5.92 Å². The van der Waals surface area contributed by atoms with Crippen LogP contribution in [0, 0.1) is 11.7 Å². The quantitative estimate of drug-likeness (QED) is 0.758. The molecule has 7 heteroatoms. The van der Waals surface area contributed by atoms with Gasteiger partial charge in [-0.1, -0.05) is 31.2 Å². The van der Waals surface area contributed by atoms with Crippen LogP contribution in [0.25, 0.3) is 0 Å². The van der Waals surface area contributed by atoms with Crippen molar-refractivity contribution in [2.75, 3.05) is 6.61 Å². The molecule has 3 rings (SSSR count). The van der Waals surface area contributed by atoms with Crippen LogP contribution in [-0.2, 0) is 25.3 Å². The summed E-state index contributed by atoms with van der Waals surface area (Å²) in [6, 6.07) is 13.1. The Kier molecular flexibility index (Phi) is 6.11. The third kappa shape index (κ3) is 5.57. The first-order valence-corrected chi connectivity index (χ1v) is 8.86. The van der Waals surface area contributed by atoms with Crippen molar-refractivity contribution in [2.45, 2.75) is 26.2 Å². The van der Waals surface area contributed by atoms with Crippen molar-refractivity contribution >= 4 is 24.5 Å². The second kappa shape index (κ2) is 8.71. The molecule has 2 aromatic carbocycles. The van der Waals surface area contributed by atoms with Crippen LogP contribution in [0.1, 0.15) is 25.3 Å². The molecule has 1 heterocycles. The normalized spacial score (nSPS) is 15.6. The van der Waals surface area contributed by atoms with Crippen LogP contribution in [0.3, 0.4) is 0 Å². The lowest BCUT2D eigenvalue weighted by molar-refractivity contribution is -0.144. The molecule has 0 radical (unpaired) electrons. The maximum absolute atomic E-state index is 12.9. The number of hydrogen-bond donors (Lipinski definition) is 0. The van der Waals surface area contributed by atoms with E-state index in [-0.39, 0.29) is 36.5 Å². The van der Waals surface area contributed by atoms with E-state index in [1.165, 1.54) is 12.1 Å². The zero-order valence-corrected chi connectivity index (χ0v) is 15.0. The Morgan fingerprint density at radius 2 is 1.59 bits per heavy atom. The van der Waals surface area contributed by atoms with E-state index in [1.54, 1.807) is 43.3 Å². The summed E-state index contributed by atoms with van der Waals surface area (Å²) in [7, 11) is -1.04. The number of ether oxygens (including phenoxy) is 1. The predicted molar refractivity (Wildman–Crippen MR) is 98.0 cm³/mol. The zero-order chi connectivity index (χ0) is 19.2. The zero-order valence-electron chi connectivity index (χ0n) is 15.0. The Bertz CT molecular complexity index is 771. The molecule has 0 bridgehead atoms. The number of benzene rings is 2. The van der Waals surface area contributed by atoms with Gasteiger partial charge < -0.3 is 14.0 Å². The topological polar surface area (TPSA) is 61.8 Å². The maximum Gasteiger partial charge on any atom is 0.636 e. The van der Waals surface area contributed by atoms with E-state index in [4.69, 9.17) is 14.0 Å². The van der Waals surface area contributed by atoms with E-state index in [9.17, 15) is 14.0 Å². The van der Waals surface area contributed by atoms with Crippen LogP contribution >= 0.6 is 0 Å². The highest BCUT2D eigenvalue weighted by Gasteiger charge is 2.34. The third-order valence-electron chi connectivity index (χ3n) is 4.23. The van der Waals surface area contributed by atoms with Crippen LogP contribution in [0.5, 0.6) is 5.75 Å². The summed E-state index contributed by atoms with van der Waals surface area (Å²) in [5, 5.41) is 0. The molecular weight excluding hydrogens is 350 g/mol. The van der Waals surface area contributed by atoms with Crippen molar-refractivity contribution < 1.29 is 28.0 Å². The fourth-order valence-electron chi connectivity index (χ4n) is 2.80. The summed E-state index contributed by atoms with van der Waals surface area (Å²) in [6.07, 6.45) is 1.03. The average molecular weight is 370 g/mol. The summed E-state index contributed by atoms with van der Waals surface area (Å²) >= 11 is 0. The lowest BCUT2D eigenvalue weighted by Gasteiger charge is -2.20. The first-order valence-electron chi connectivity index (χ1n) is 8.86. The molecule has 0 aromatic heterocycles. The molecule has 1 aliphatic rings. The largest absolute Gasteiger partial charge is 0.636 e. The number of rotatable bonds is 5. The van der Waals surface area contributed by atoms with Gasteiger partial charge in [0, 0.05) is 24.7 Å². The highest BCUT2D eigenvalue weighted by atomic mass is 19.1. The van der Waals surface area contributed by atoms with Crippen molar-refractivity contribution in [1.82, 2.24) is 0 Å². The molecule has 0 saturated carbocycles. The van der Waals surface area contributed by atoms with Gasteiger partial charge in [0.25, 0.3) is 11.9 Å². The highest BCUT2D eigenvalue weighted by Crippen LogP contribution is 2.15. The van der Waals surface area contributed by atoms with E-state index in [0.717, 1.165) is 5.56 Å². The Balaban J connectivity index is 1.56. The standard InChI is InChI=1S/C20H20BFO5/c1-14-12-19(23)26-21(27-20(24)13-14)16-4-8-18(9-5-16)25-11-10-15-2-6-17(22)7-3-15/h2-9,14H,10-13H2,1H3. The molecule has 2 aromatic rings. The smallest absolute Gasteiger partial charge is 0.495 e. The molecule has 0 amide bonds. The lowest BCUT2D eigenvalue weighted by atomic mass is 9.78. The number of halogens is 1. The Morgan fingerprint density at radius 1 is 1.00 bits per heavy atom. The van der Waals surface area contributed by atoms with Crippen molar-refractivity contribution in [1.29, 1.82) is 0 Å². The third-order valence-corrected chi connectivity index (χ3v) is 4.23. The van der Waals surface area contributed by atoms with Crippen molar-refractivity contribution in [3.63, 3.8) is 0 Å². The van der Waals surface area contributed by atoms with Crippen LogP contribution in [-0.4, -0.2) is 25.7 Å². The summed E-state index contributed by atoms with van der Waals surface area (Å²) in [6.45, 7) is 2.25. The van der Waals surface area contributed by atoms with Gasteiger partial charge in [-0.2, -0.15) is 0 Å². The molecular formula is C20H20BFO5. The SMILES string of the molecule is CC1CC(=O)OB(c2ccc(OCCc3ccc(F)cc3)cc2)OC(=O)C1. The Labute approximate surface area is 157 Å². The highest BCUT2D eigenvalue weighted by molar-refractivity contribution is 6.64. The number of carbonyl (C=O) groups excluding carboxylic acids is 2. The van der Waals surface area contributed by atoms with Gasteiger partial charge in [0.2, 0.25) is 0 Å². The van der Waals surface area contributed by atoms with Gasteiger partial charge in [0.15, 0.2) is 0 Å². The van der Waals surface area contributed by atoms with Gasteiger partial charge in [-0.05, 0) is 35.7 Å². The van der Waals surface area contributed by atoms with Gasteiger partial charge in [0.1, 0.15) is 11.6 Å². The second-order valence-corrected chi connectivity index (χ2v) is 6.62. The molecule has 140 valence electrons. The van der Waals surface area contributed by atoms with Gasteiger partial charge in [-0.25, -0.2) is 4.39 Å². The minimum absolute atomic E-state index is 0.0946. The second-order valence-electron chi connectivity index (χ2n) is 6.62. The van der Waals surface area contributed by atoms with Gasteiger partial charge in [-0.15, -0.1) is 0 Å². The predicted octanol–water partition coefficient (Wildman–Crippen LogP) is 2.66. The Hall–Kier alpha value is -2.83. The molecule has 0 spiro atoms. The Morgan fingerprint density at radius 3 is 2.19 bits per heavy atom. The fourth-order valence-corrected chi connectivity index (χ4v) is 2.80. The average Bonchev–Trinajstić information content (AvgIpc) is 2.62. The van der Waals surface area contributed by atoms with Gasteiger partial charge in [-0.3, -0.25) is 9.59 Å². The molecule has 5 nitrogen and oxygen atoms in total. The minimum Gasteiger partial charge on any atom is -0.495 e. The summed E-state index contributed by atoms with van der Waals surface area (Å²) in [4.78, 5) is 23.7. The van der Waals surface area contributed by atoms with Crippen LogP contribution in [0.15, 0.2) is 48.5 Å². The van der Waals surface area contributed by atoms with E-state index in [0.29, 0.717) is 24.2 Å². The monoisotopic (exact) mass is 370 g/mol. The van der Waals surface area contributed by atoms with Gasteiger partial charge in [0.05, 0.1) is 6.61 Å². The lowest BCUT2D eigenvalue weighted by Crippen LogP contribution is -2.42. The number of carbonyl (C=O) groups is 2. The molecule has 1 aliphatic heterocycles. The van der Waals surface area contributed by atoms with Crippen LogP contribution in [0.2, 0.25) is 0 Å². The maximum atomic E-state index is 12.9. The minimum atomic E-state index is -1.04. The molecule has 0 atom stereocenters. The first-order chi connectivity index (χ1) is 13.0. The molecule has 1 saturated heterocycles. The molecule has 0 unspecified atom stereocenters. The molecule has 1 fully saturated rings. The summed E-state index contributed by atoms with van der Waals surface area (Å²) < 4.78 is 29.1. The van der Waals surface area contributed by atoms with E-state index in [1.807, 2.05) is 0 Å². The van der Waals surface area contributed by atoms with Crippen molar-refractivity contribution in [3.05, 3.63) is 59.9 Å². The molecule has 0 N–H and O–H groups in total. The summed E-state index contributed by atoms with van der Waals surface area (Å²) in [5.41, 5.74) is 1.55. The van der Waals surface area contributed by atoms with Crippen LogP contribution in [0.4, 0.5) is 4.39 Å².